The minimum atomic E-state index is 0.915. The third-order valence-electron chi connectivity index (χ3n) is 3.30. The Hall–Kier alpha value is -1.62. The number of imidazole rings is 1. The number of aryl methyl sites for hydroxylation is 1. The summed E-state index contributed by atoms with van der Waals surface area (Å²) >= 11 is 0. The molecule has 0 aliphatic carbocycles. The van der Waals surface area contributed by atoms with E-state index in [0.29, 0.717) is 0 Å². The zero-order valence-electron chi connectivity index (χ0n) is 9.96. The number of hydrogen-bond donors (Lipinski definition) is 0. The van der Waals surface area contributed by atoms with E-state index < -0.39 is 0 Å². The molecule has 0 bridgehead atoms. The van der Waals surface area contributed by atoms with Gasteiger partial charge in [0, 0.05) is 37.9 Å². The second-order valence-corrected chi connectivity index (χ2v) is 4.43. The van der Waals surface area contributed by atoms with Crippen LogP contribution in [-0.2, 0) is 26.1 Å². The minimum Gasteiger partial charge on any atom is -0.364 e. The van der Waals surface area contributed by atoms with E-state index in [2.05, 4.69) is 26.5 Å². The van der Waals surface area contributed by atoms with Gasteiger partial charge in [-0.25, -0.2) is 4.98 Å². The van der Waals surface area contributed by atoms with Gasteiger partial charge < -0.3 is 9.09 Å². The SMILES string of the molecule is CCc1nocc1CN1CCn2cncc2C1. The van der Waals surface area contributed by atoms with Gasteiger partial charge in [0.15, 0.2) is 0 Å². The van der Waals surface area contributed by atoms with Gasteiger partial charge >= 0.3 is 0 Å². The van der Waals surface area contributed by atoms with Crippen molar-refractivity contribution < 1.29 is 4.52 Å². The molecule has 17 heavy (non-hydrogen) atoms. The third-order valence-corrected chi connectivity index (χ3v) is 3.30. The highest BCUT2D eigenvalue weighted by atomic mass is 16.5. The summed E-state index contributed by atoms with van der Waals surface area (Å²) in [6.07, 6.45) is 6.55. The fourth-order valence-corrected chi connectivity index (χ4v) is 2.31. The zero-order valence-corrected chi connectivity index (χ0v) is 9.96. The van der Waals surface area contributed by atoms with E-state index in [1.165, 1.54) is 11.3 Å². The standard InChI is InChI=1S/C12H16N4O/c1-2-12-10(8-17-14-12)6-15-3-4-16-9-13-5-11(16)7-15/h5,8-9H,2-4,6-7H2,1H3. The molecule has 90 valence electrons. The first kappa shape index (κ1) is 10.5. The van der Waals surface area contributed by atoms with Crippen LogP contribution in [0.2, 0.25) is 0 Å². The quantitative estimate of drug-likeness (QED) is 0.803. The van der Waals surface area contributed by atoms with E-state index in [4.69, 9.17) is 4.52 Å². The average Bonchev–Trinajstić information content (AvgIpc) is 2.96. The molecule has 1 aliphatic rings. The lowest BCUT2D eigenvalue weighted by molar-refractivity contribution is 0.212. The second-order valence-electron chi connectivity index (χ2n) is 4.43. The number of hydrogen-bond acceptors (Lipinski definition) is 4. The maximum atomic E-state index is 5.04. The van der Waals surface area contributed by atoms with Gasteiger partial charge in [0.05, 0.1) is 17.7 Å². The molecular weight excluding hydrogens is 216 g/mol. The summed E-state index contributed by atoms with van der Waals surface area (Å²) in [5.74, 6) is 0. The van der Waals surface area contributed by atoms with Crippen molar-refractivity contribution in [1.82, 2.24) is 19.6 Å². The van der Waals surface area contributed by atoms with Crippen molar-refractivity contribution in [3.63, 3.8) is 0 Å². The average molecular weight is 232 g/mol. The Bertz CT molecular complexity index is 502. The van der Waals surface area contributed by atoms with Crippen molar-refractivity contribution >= 4 is 0 Å². The topological polar surface area (TPSA) is 47.1 Å². The Labute approximate surface area is 100 Å². The number of rotatable bonds is 3. The van der Waals surface area contributed by atoms with Crippen LogP contribution >= 0.6 is 0 Å². The number of nitrogens with zero attached hydrogens (tertiary/aromatic N) is 4. The van der Waals surface area contributed by atoms with Crippen molar-refractivity contribution in [3.8, 4) is 0 Å². The summed E-state index contributed by atoms with van der Waals surface area (Å²) in [6, 6.07) is 0. The molecule has 0 N–H and O–H groups in total. The van der Waals surface area contributed by atoms with Gasteiger partial charge in [-0.05, 0) is 6.42 Å². The molecule has 5 nitrogen and oxygen atoms in total. The Morgan fingerprint density at radius 1 is 1.41 bits per heavy atom. The van der Waals surface area contributed by atoms with E-state index in [-0.39, 0.29) is 0 Å². The molecule has 3 heterocycles. The van der Waals surface area contributed by atoms with Gasteiger partial charge in [0.25, 0.3) is 0 Å². The highest BCUT2D eigenvalue weighted by molar-refractivity contribution is 5.15. The molecule has 2 aromatic heterocycles. The molecule has 0 amide bonds. The van der Waals surface area contributed by atoms with Gasteiger partial charge in [-0.1, -0.05) is 12.1 Å². The second kappa shape index (κ2) is 4.33. The molecule has 0 saturated heterocycles. The number of fused-ring (bicyclic) bond motifs is 1. The molecule has 0 unspecified atom stereocenters. The van der Waals surface area contributed by atoms with Crippen molar-refractivity contribution in [1.29, 1.82) is 0 Å². The highest BCUT2D eigenvalue weighted by Crippen LogP contribution is 2.16. The van der Waals surface area contributed by atoms with Crippen LogP contribution in [0.5, 0.6) is 0 Å². The van der Waals surface area contributed by atoms with Crippen LogP contribution in [0, 0.1) is 0 Å². The van der Waals surface area contributed by atoms with Crippen molar-refractivity contribution in [2.45, 2.75) is 33.0 Å². The van der Waals surface area contributed by atoms with E-state index in [1.807, 2.05) is 12.5 Å². The van der Waals surface area contributed by atoms with E-state index in [1.54, 1.807) is 6.26 Å². The van der Waals surface area contributed by atoms with E-state index >= 15 is 0 Å². The lowest BCUT2D eigenvalue weighted by atomic mass is 10.2. The Kier molecular flexibility index (Phi) is 2.68. The van der Waals surface area contributed by atoms with E-state index in [9.17, 15) is 0 Å². The first-order chi connectivity index (χ1) is 8.36. The van der Waals surface area contributed by atoms with Crippen molar-refractivity contribution in [2.75, 3.05) is 6.54 Å². The Morgan fingerprint density at radius 2 is 2.35 bits per heavy atom. The van der Waals surface area contributed by atoms with Gasteiger partial charge in [-0.3, -0.25) is 4.90 Å². The Morgan fingerprint density at radius 3 is 3.24 bits per heavy atom. The van der Waals surface area contributed by atoms with E-state index in [0.717, 1.165) is 38.3 Å². The smallest absolute Gasteiger partial charge is 0.128 e. The summed E-state index contributed by atoms with van der Waals surface area (Å²) in [4.78, 5) is 6.58. The fraction of sp³-hybridized carbons (Fsp3) is 0.500. The summed E-state index contributed by atoms with van der Waals surface area (Å²) in [5.41, 5.74) is 3.57. The number of aromatic nitrogens is 3. The van der Waals surface area contributed by atoms with Crippen LogP contribution < -0.4 is 0 Å². The fourth-order valence-electron chi connectivity index (χ4n) is 2.31. The third kappa shape index (κ3) is 1.98. The molecule has 0 saturated carbocycles. The summed E-state index contributed by atoms with van der Waals surface area (Å²) in [6.45, 7) is 6.04. The predicted molar refractivity (Wildman–Crippen MR) is 62.2 cm³/mol. The van der Waals surface area contributed by atoms with Crippen LogP contribution in [-0.4, -0.2) is 26.2 Å². The molecule has 0 spiro atoms. The highest BCUT2D eigenvalue weighted by Gasteiger charge is 2.18. The van der Waals surface area contributed by atoms with Gasteiger partial charge in [0.1, 0.15) is 6.26 Å². The van der Waals surface area contributed by atoms with Crippen LogP contribution in [0.1, 0.15) is 23.9 Å². The van der Waals surface area contributed by atoms with Gasteiger partial charge in [0.2, 0.25) is 0 Å². The predicted octanol–water partition coefficient (Wildman–Crippen LogP) is 1.45. The molecule has 0 atom stereocenters. The van der Waals surface area contributed by atoms with Gasteiger partial charge in [-0.15, -0.1) is 0 Å². The molecule has 1 aliphatic heterocycles. The monoisotopic (exact) mass is 232 g/mol. The van der Waals surface area contributed by atoms with Crippen LogP contribution in [0.15, 0.2) is 23.3 Å². The molecule has 3 rings (SSSR count). The van der Waals surface area contributed by atoms with Crippen molar-refractivity contribution in [3.05, 3.63) is 35.7 Å². The summed E-state index contributed by atoms with van der Waals surface area (Å²) < 4.78 is 7.25. The van der Waals surface area contributed by atoms with Crippen molar-refractivity contribution in [2.24, 2.45) is 0 Å². The molecule has 0 aromatic carbocycles. The van der Waals surface area contributed by atoms with Gasteiger partial charge in [-0.2, -0.15) is 0 Å². The largest absolute Gasteiger partial charge is 0.364 e. The Balaban J connectivity index is 1.72. The molecule has 5 heteroatoms. The van der Waals surface area contributed by atoms with Crippen LogP contribution in [0.4, 0.5) is 0 Å². The molecule has 0 radical (unpaired) electrons. The first-order valence-corrected chi connectivity index (χ1v) is 6.00. The summed E-state index contributed by atoms with van der Waals surface area (Å²) in [5, 5.41) is 4.02. The lowest BCUT2D eigenvalue weighted by Crippen LogP contribution is -2.32. The minimum absolute atomic E-state index is 0.915. The maximum Gasteiger partial charge on any atom is 0.128 e. The lowest BCUT2D eigenvalue weighted by Gasteiger charge is -2.27. The first-order valence-electron chi connectivity index (χ1n) is 6.00. The molecule has 2 aromatic rings. The van der Waals surface area contributed by atoms with Crippen LogP contribution in [0.25, 0.3) is 0 Å². The normalized spacial score (nSPS) is 16.1. The summed E-state index contributed by atoms with van der Waals surface area (Å²) in [7, 11) is 0. The maximum absolute atomic E-state index is 5.04. The zero-order chi connectivity index (χ0) is 11.7. The van der Waals surface area contributed by atoms with Crippen LogP contribution in [0.3, 0.4) is 0 Å². The molecular formula is C12H16N4O. The molecule has 0 fully saturated rings.